The summed E-state index contributed by atoms with van der Waals surface area (Å²) in [6, 6.07) is 6.42. The van der Waals surface area contributed by atoms with Crippen molar-refractivity contribution in [1.82, 2.24) is 0 Å². The van der Waals surface area contributed by atoms with Crippen LogP contribution in [0.3, 0.4) is 0 Å². The predicted molar refractivity (Wildman–Crippen MR) is 124 cm³/mol. The Labute approximate surface area is 186 Å². The van der Waals surface area contributed by atoms with E-state index in [-0.39, 0.29) is 11.6 Å². The van der Waals surface area contributed by atoms with Crippen molar-refractivity contribution in [1.29, 1.82) is 0 Å². The van der Waals surface area contributed by atoms with Gasteiger partial charge in [0.1, 0.15) is 17.1 Å². The summed E-state index contributed by atoms with van der Waals surface area (Å²) in [6.45, 7) is 5.58. The van der Waals surface area contributed by atoms with E-state index in [1.165, 1.54) is 23.8 Å². The average molecular weight is 434 g/mol. The lowest BCUT2D eigenvalue weighted by Gasteiger charge is -2.14. The van der Waals surface area contributed by atoms with Crippen LogP contribution in [0.25, 0.3) is 16.5 Å². The first kappa shape index (κ1) is 21.6. The molecule has 3 aromatic rings. The fraction of sp³-hybridized carbons (Fsp3) is 0.320. The van der Waals surface area contributed by atoms with Crippen molar-refractivity contribution in [2.24, 2.45) is 0 Å². The Balaban J connectivity index is 1.68. The first-order valence-electron chi connectivity index (χ1n) is 10.7. The van der Waals surface area contributed by atoms with Crippen molar-refractivity contribution in [2.45, 2.75) is 46.5 Å². The van der Waals surface area contributed by atoms with Crippen molar-refractivity contribution in [2.75, 3.05) is 12.4 Å². The topological polar surface area (TPSA) is 94.6 Å². The normalized spacial score (nSPS) is 13.7. The summed E-state index contributed by atoms with van der Waals surface area (Å²) in [5, 5.41) is 14.8. The van der Waals surface area contributed by atoms with Gasteiger partial charge in [0.05, 0.1) is 12.0 Å². The summed E-state index contributed by atoms with van der Waals surface area (Å²) in [4.78, 5) is 23.2. The fourth-order valence-corrected chi connectivity index (χ4v) is 4.44. The van der Waals surface area contributed by atoms with Gasteiger partial charge in [-0.2, -0.15) is 0 Å². The number of carbonyl (C=O) groups excluding carboxylic acids is 1. The van der Waals surface area contributed by atoms with Crippen LogP contribution in [0, 0.1) is 24.0 Å². The molecule has 0 atom stereocenters. The Bertz CT molecular complexity index is 1270. The highest BCUT2D eigenvalue weighted by Crippen LogP contribution is 2.41. The quantitative estimate of drug-likeness (QED) is 0.307. The molecule has 1 amide bonds. The molecule has 7 nitrogen and oxygen atoms in total. The molecule has 0 radical (unpaired) electrons. The van der Waals surface area contributed by atoms with Gasteiger partial charge in [0.15, 0.2) is 0 Å². The first-order valence-corrected chi connectivity index (χ1v) is 10.7. The SMILES string of the molecule is COc1c(/C(C)=C/C(=O)Nc2ccc([N+](=O)[O-])cc2C)cc2c3c(oc2c1C)CCCC3. The molecule has 32 heavy (non-hydrogen) atoms. The molecule has 0 aliphatic heterocycles. The minimum Gasteiger partial charge on any atom is -0.496 e. The van der Waals surface area contributed by atoms with Crippen LogP contribution >= 0.6 is 0 Å². The van der Waals surface area contributed by atoms with E-state index in [2.05, 4.69) is 11.4 Å². The standard InChI is InChI=1S/C25H26N2O5/c1-14(12-23(28)26-21-10-9-17(27(29)30)11-15(21)2)19-13-20-18-7-5-6-8-22(18)32-25(20)16(3)24(19)31-4/h9-13H,5-8H2,1-4H3,(H,26,28)/b14-12+. The third-order valence-corrected chi connectivity index (χ3v) is 6.08. The summed E-state index contributed by atoms with van der Waals surface area (Å²) < 4.78 is 11.9. The maximum atomic E-state index is 12.7. The number of amides is 1. The van der Waals surface area contributed by atoms with E-state index in [1.807, 2.05) is 13.8 Å². The average Bonchev–Trinajstić information content (AvgIpc) is 3.14. The van der Waals surface area contributed by atoms with Crippen LogP contribution in [0.4, 0.5) is 11.4 Å². The molecule has 1 heterocycles. The Hall–Kier alpha value is -3.61. The van der Waals surface area contributed by atoms with E-state index in [0.717, 1.165) is 59.1 Å². The molecule has 0 saturated heterocycles. The summed E-state index contributed by atoms with van der Waals surface area (Å²) in [5.74, 6) is 1.44. The number of nitrogens with zero attached hydrogens (tertiary/aromatic N) is 1. The number of allylic oxidation sites excluding steroid dienone is 1. The maximum absolute atomic E-state index is 12.7. The molecule has 166 valence electrons. The molecule has 7 heteroatoms. The molecule has 0 bridgehead atoms. The summed E-state index contributed by atoms with van der Waals surface area (Å²) >= 11 is 0. The summed E-state index contributed by atoms with van der Waals surface area (Å²) in [6.07, 6.45) is 5.75. The van der Waals surface area contributed by atoms with Gasteiger partial charge in [-0.15, -0.1) is 0 Å². The number of fused-ring (bicyclic) bond motifs is 3. The molecule has 0 fully saturated rings. The first-order chi connectivity index (χ1) is 15.3. The highest BCUT2D eigenvalue weighted by molar-refractivity contribution is 6.05. The number of furan rings is 1. The number of hydrogen-bond acceptors (Lipinski definition) is 5. The van der Waals surface area contributed by atoms with Crippen LogP contribution in [-0.4, -0.2) is 17.9 Å². The van der Waals surface area contributed by atoms with Crippen molar-refractivity contribution in [3.8, 4) is 5.75 Å². The van der Waals surface area contributed by atoms with Crippen LogP contribution in [-0.2, 0) is 17.6 Å². The van der Waals surface area contributed by atoms with Crippen LogP contribution in [0.2, 0.25) is 0 Å². The zero-order valence-corrected chi connectivity index (χ0v) is 18.7. The van der Waals surface area contributed by atoms with Crippen LogP contribution in [0.1, 0.15) is 47.8 Å². The molecule has 1 aromatic heterocycles. The van der Waals surface area contributed by atoms with Gasteiger partial charge in [0.2, 0.25) is 5.91 Å². The minimum absolute atomic E-state index is 0.0100. The number of methoxy groups -OCH3 is 1. The monoisotopic (exact) mass is 434 g/mol. The minimum atomic E-state index is -0.456. The molecule has 1 aliphatic rings. The number of ether oxygens (including phenoxy) is 1. The second-order valence-electron chi connectivity index (χ2n) is 8.24. The van der Waals surface area contributed by atoms with Crippen LogP contribution in [0.5, 0.6) is 5.75 Å². The molecule has 4 rings (SSSR count). The summed E-state index contributed by atoms with van der Waals surface area (Å²) in [7, 11) is 1.62. The number of nitro groups is 1. The fourth-order valence-electron chi connectivity index (χ4n) is 4.44. The number of nitro benzene ring substituents is 1. The molecule has 0 spiro atoms. The van der Waals surface area contributed by atoms with E-state index in [0.29, 0.717) is 17.0 Å². The Morgan fingerprint density at radius 1 is 1.22 bits per heavy atom. The van der Waals surface area contributed by atoms with Gasteiger partial charge >= 0.3 is 0 Å². The Morgan fingerprint density at radius 3 is 2.66 bits per heavy atom. The third-order valence-electron chi connectivity index (χ3n) is 6.08. The van der Waals surface area contributed by atoms with Crippen molar-refractivity contribution in [3.05, 3.63) is 68.5 Å². The van der Waals surface area contributed by atoms with Gasteiger partial charge in [-0.25, -0.2) is 0 Å². The molecule has 0 unspecified atom stereocenters. The molecule has 2 aromatic carbocycles. The molecule has 0 saturated carbocycles. The zero-order chi connectivity index (χ0) is 23.0. The Kier molecular flexibility index (Phi) is 5.74. The van der Waals surface area contributed by atoms with E-state index in [1.54, 1.807) is 20.1 Å². The lowest BCUT2D eigenvalue weighted by Crippen LogP contribution is -2.10. The van der Waals surface area contributed by atoms with Gasteiger partial charge in [-0.1, -0.05) is 0 Å². The van der Waals surface area contributed by atoms with E-state index >= 15 is 0 Å². The molecule has 1 aliphatic carbocycles. The van der Waals surface area contributed by atoms with E-state index in [4.69, 9.17) is 9.15 Å². The lowest BCUT2D eigenvalue weighted by molar-refractivity contribution is -0.384. The largest absolute Gasteiger partial charge is 0.496 e. The lowest BCUT2D eigenvalue weighted by atomic mass is 9.93. The molecular formula is C25H26N2O5. The summed E-state index contributed by atoms with van der Waals surface area (Å²) in [5.41, 5.74) is 5.80. The highest BCUT2D eigenvalue weighted by Gasteiger charge is 2.23. The van der Waals surface area contributed by atoms with Crippen molar-refractivity contribution >= 4 is 33.8 Å². The van der Waals surface area contributed by atoms with Crippen molar-refractivity contribution < 1.29 is 18.9 Å². The van der Waals surface area contributed by atoms with Crippen molar-refractivity contribution in [3.63, 3.8) is 0 Å². The van der Waals surface area contributed by atoms with Gasteiger partial charge in [-0.05, 0) is 63.3 Å². The molecule has 1 N–H and O–H groups in total. The number of carbonyl (C=O) groups is 1. The number of hydrogen-bond donors (Lipinski definition) is 1. The molecular weight excluding hydrogens is 408 g/mol. The predicted octanol–water partition coefficient (Wildman–Crippen LogP) is 5.89. The number of rotatable bonds is 5. The zero-order valence-electron chi connectivity index (χ0n) is 18.7. The van der Waals surface area contributed by atoms with E-state index < -0.39 is 4.92 Å². The maximum Gasteiger partial charge on any atom is 0.269 e. The second kappa shape index (κ2) is 8.49. The van der Waals surface area contributed by atoms with Crippen LogP contribution < -0.4 is 10.1 Å². The number of non-ortho nitro benzene ring substituents is 1. The second-order valence-corrected chi connectivity index (χ2v) is 8.24. The van der Waals surface area contributed by atoms with Gasteiger partial charge in [0, 0.05) is 52.4 Å². The number of nitrogens with one attached hydrogen (secondary N) is 1. The highest BCUT2D eigenvalue weighted by atomic mass is 16.6. The Morgan fingerprint density at radius 2 is 1.97 bits per heavy atom. The van der Waals surface area contributed by atoms with Crippen LogP contribution in [0.15, 0.2) is 34.8 Å². The number of anilines is 1. The van der Waals surface area contributed by atoms with E-state index in [9.17, 15) is 14.9 Å². The van der Waals surface area contributed by atoms with Gasteiger partial charge in [-0.3, -0.25) is 14.9 Å². The smallest absolute Gasteiger partial charge is 0.269 e. The number of aryl methyl sites for hydroxylation is 4. The third kappa shape index (κ3) is 3.86. The van der Waals surface area contributed by atoms with Gasteiger partial charge < -0.3 is 14.5 Å². The van der Waals surface area contributed by atoms with Gasteiger partial charge in [0.25, 0.3) is 5.69 Å². The number of benzene rings is 2.